The van der Waals surface area contributed by atoms with Gasteiger partial charge in [0.1, 0.15) is 0 Å². The largest absolute Gasteiger partial charge is 0.472 e. The minimum Gasteiger partial charge on any atom is -0.472 e. The predicted octanol–water partition coefficient (Wildman–Crippen LogP) is 3.72. The van der Waals surface area contributed by atoms with Gasteiger partial charge in [-0.15, -0.1) is 0 Å². The minimum atomic E-state index is 0.0485. The van der Waals surface area contributed by atoms with E-state index in [-0.39, 0.29) is 11.9 Å². The molecule has 0 bridgehead atoms. The zero-order valence-corrected chi connectivity index (χ0v) is 12.6. The van der Waals surface area contributed by atoms with Gasteiger partial charge in [0.05, 0.1) is 18.9 Å². The number of rotatable bonds is 5. The van der Waals surface area contributed by atoms with Gasteiger partial charge in [0.25, 0.3) is 0 Å². The topological polar surface area (TPSA) is 42.2 Å². The summed E-state index contributed by atoms with van der Waals surface area (Å²) in [7, 11) is 0. The van der Waals surface area contributed by atoms with Crippen molar-refractivity contribution in [3.05, 3.63) is 72.2 Å². The summed E-state index contributed by atoms with van der Waals surface area (Å²) in [5.74, 6) is 0.0485. The molecule has 0 saturated carbocycles. The maximum atomic E-state index is 12.3. The van der Waals surface area contributed by atoms with Crippen LogP contribution in [0.2, 0.25) is 0 Å². The zero-order chi connectivity index (χ0) is 15.4. The summed E-state index contributed by atoms with van der Waals surface area (Å²) in [6.45, 7) is 2.01. The Balaban J connectivity index is 1.65. The lowest BCUT2D eigenvalue weighted by atomic mass is 10.0. The van der Waals surface area contributed by atoms with Crippen LogP contribution in [-0.4, -0.2) is 11.9 Å². The van der Waals surface area contributed by atoms with E-state index in [9.17, 15) is 4.79 Å². The number of carbonyl (C=O) groups is 1. The Hall–Kier alpha value is -2.55. The number of carbonyl (C=O) groups excluding carboxylic acids is 1. The average Bonchev–Trinajstić information content (AvgIpc) is 3.00. The van der Waals surface area contributed by atoms with Crippen LogP contribution in [0.25, 0.3) is 10.8 Å². The lowest BCUT2D eigenvalue weighted by Gasteiger charge is -2.13. The molecule has 3 heteroatoms. The molecule has 0 aliphatic heterocycles. The molecular formula is C19H19NO2. The van der Waals surface area contributed by atoms with Crippen molar-refractivity contribution in [2.45, 2.75) is 25.8 Å². The standard InChI is InChI=1S/C19H19NO2/c1-14(11-15-9-10-22-13-15)20-19(21)12-17-7-4-6-16-5-2-3-8-18(16)17/h2-10,13-14H,11-12H2,1H3,(H,20,21)/t14-/m0/s1. The molecule has 1 amide bonds. The summed E-state index contributed by atoms with van der Waals surface area (Å²) in [5.41, 5.74) is 2.16. The molecule has 0 saturated heterocycles. The molecule has 1 aromatic heterocycles. The molecular weight excluding hydrogens is 274 g/mol. The Morgan fingerprint density at radius 1 is 1.14 bits per heavy atom. The van der Waals surface area contributed by atoms with Gasteiger partial charge >= 0.3 is 0 Å². The predicted molar refractivity (Wildman–Crippen MR) is 87.7 cm³/mol. The smallest absolute Gasteiger partial charge is 0.224 e. The van der Waals surface area contributed by atoms with Crippen LogP contribution in [0.4, 0.5) is 0 Å². The molecule has 1 atom stereocenters. The van der Waals surface area contributed by atoms with Gasteiger partial charge in [-0.3, -0.25) is 4.79 Å². The van der Waals surface area contributed by atoms with Crippen molar-refractivity contribution in [3.8, 4) is 0 Å². The summed E-state index contributed by atoms with van der Waals surface area (Å²) >= 11 is 0. The summed E-state index contributed by atoms with van der Waals surface area (Å²) in [6.07, 6.45) is 4.54. The molecule has 3 rings (SSSR count). The molecule has 112 valence electrons. The summed E-state index contributed by atoms with van der Waals surface area (Å²) < 4.78 is 5.05. The molecule has 1 heterocycles. The highest BCUT2D eigenvalue weighted by molar-refractivity contribution is 5.90. The monoisotopic (exact) mass is 293 g/mol. The Bertz CT molecular complexity index is 757. The van der Waals surface area contributed by atoms with Crippen LogP contribution in [0.1, 0.15) is 18.1 Å². The fraction of sp³-hybridized carbons (Fsp3) is 0.211. The van der Waals surface area contributed by atoms with Gasteiger partial charge in [0.2, 0.25) is 5.91 Å². The van der Waals surface area contributed by atoms with E-state index in [2.05, 4.69) is 23.5 Å². The second-order valence-corrected chi connectivity index (χ2v) is 5.62. The van der Waals surface area contributed by atoms with E-state index in [0.29, 0.717) is 6.42 Å². The molecule has 22 heavy (non-hydrogen) atoms. The van der Waals surface area contributed by atoms with Crippen molar-refractivity contribution in [1.29, 1.82) is 0 Å². The molecule has 0 aliphatic rings. The van der Waals surface area contributed by atoms with Gasteiger partial charge in [-0.05, 0) is 41.3 Å². The summed E-state index contributed by atoms with van der Waals surface area (Å²) in [6, 6.07) is 16.2. The minimum absolute atomic E-state index is 0.0485. The number of nitrogens with one attached hydrogen (secondary N) is 1. The van der Waals surface area contributed by atoms with Crippen LogP contribution < -0.4 is 5.32 Å². The van der Waals surface area contributed by atoms with E-state index in [1.54, 1.807) is 12.5 Å². The van der Waals surface area contributed by atoms with Crippen molar-refractivity contribution < 1.29 is 9.21 Å². The van der Waals surface area contributed by atoms with Gasteiger partial charge in [-0.1, -0.05) is 42.5 Å². The van der Waals surface area contributed by atoms with Crippen molar-refractivity contribution >= 4 is 16.7 Å². The number of hydrogen-bond acceptors (Lipinski definition) is 2. The molecule has 0 spiro atoms. The number of benzene rings is 2. The van der Waals surface area contributed by atoms with Crippen LogP contribution >= 0.6 is 0 Å². The molecule has 3 nitrogen and oxygen atoms in total. The van der Waals surface area contributed by atoms with Crippen molar-refractivity contribution in [2.24, 2.45) is 0 Å². The molecule has 0 radical (unpaired) electrons. The van der Waals surface area contributed by atoms with E-state index < -0.39 is 0 Å². The van der Waals surface area contributed by atoms with Gasteiger partial charge in [-0.25, -0.2) is 0 Å². The molecule has 0 aliphatic carbocycles. The second-order valence-electron chi connectivity index (χ2n) is 5.62. The first kappa shape index (κ1) is 14.4. The maximum absolute atomic E-state index is 12.3. The van der Waals surface area contributed by atoms with Crippen molar-refractivity contribution in [1.82, 2.24) is 5.32 Å². The van der Waals surface area contributed by atoms with E-state index in [4.69, 9.17) is 4.42 Å². The fourth-order valence-electron chi connectivity index (χ4n) is 2.76. The molecule has 0 fully saturated rings. The second kappa shape index (κ2) is 6.48. The molecule has 3 aromatic rings. The summed E-state index contributed by atoms with van der Waals surface area (Å²) in [5, 5.41) is 5.36. The normalized spacial score (nSPS) is 12.2. The first-order valence-corrected chi connectivity index (χ1v) is 7.49. The molecule has 2 aromatic carbocycles. The van der Waals surface area contributed by atoms with E-state index in [0.717, 1.165) is 22.9 Å². The third kappa shape index (κ3) is 3.37. The highest BCUT2D eigenvalue weighted by atomic mass is 16.3. The SMILES string of the molecule is C[C@@H](Cc1ccoc1)NC(=O)Cc1cccc2ccccc12. The van der Waals surface area contributed by atoms with Crippen LogP contribution in [0.3, 0.4) is 0 Å². The van der Waals surface area contributed by atoms with Crippen LogP contribution in [0.5, 0.6) is 0 Å². The van der Waals surface area contributed by atoms with Crippen LogP contribution in [-0.2, 0) is 17.6 Å². The Kier molecular flexibility index (Phi) is 4.24. The third-order valence-corrected chi connectivity index (χ3v) is 3.76. The van der Waals surface area contributed by atoms with E-state index in [1.165, 1.54) is 5.39 Å². The average molecular weight is 293 g/mol. The van der Waals surface area contributed by atoms with E-state index in [1.807, 2.05) is 37.3 Å². The van der Waals surface area contributed by atoms with Crippen LogP contribution in [0, 0.1) is 0 Å². The number of hydrogen-bond donors (Lipinski definition) is 1. The lowest BCUT2D eigenvalue weighted by Crippen LogP contribution is -2.35. The first-order valence-electron chi connectivity index (χ1n) is 7.49. The zero-order valence-electron chi connectivity index (χ0n) is 12.6. The first-order chi connectivity index (χ1) is 10.7. The van der Waals surface area contributed by atoms with Crippen molar-refractivity contribution in [2.75, 3.05) is 0 Å². The Labute approximate surface area is 130 Å². The number of furan rings is 1. The van der Waals surface area contributed by atoms with Crippen LogP contribution in [0.15, 0.2) is 65.5 Å². The Morgan fingerprint density at radius 2 is 1.95 bits per heavy atom. The van der Waals surface area contributed by atoms with Gasteiger partial charge in [0, 0.05) is 6.04 Å². The lowest BCUT2D eigenvalue weighted by molar-refractivity contribution is -0.121. The maximum Gasteiger partial charge on any atom is 0.224 e. The molecule has 0 unspecified atom stereocenters. The highest BCUT2D eigenvalue weighted by Gasteiger charge is 2.11. The summed E-state index contributed by atoms with van der Waals surface area (Å²) in [4.78, 5) is 12.3. The van der Waals surface area contributed by atoms with Gasteiger partial charge in [0.15, 0.2) is 0 Å². The Morgan fingerprint density at radius 3 is 2.77 bits per heavy atom. The molecule has 1 N–H and O–H groups in total. The number of fused-ring (bicyclic) bond motifs is 1. The quantitative estimate of drug-likeness (QED) is 0.779. The fourth-order valence-corrected chi connectivity index (χ4v) is 2.76. The van der Waals surface area contributed by atoms with Gasteiger partial charge in [-0.2, -0.15) is 0 Å². The third-order valence-electron chi connectivity index (χ3n) is 3.76. The van der Waals surface area contributed by atoms with E-state index >= 15 is 0 Å². The highest BCUT2D eigenvalue weighted by Crippen LogP contribution is 2.18. The van der Waals surface area contributed by atoms with Crippen molar-refractivity contribution in [3.63, 3.8) is 0 Å². The number of amides is 1. The van der Waals surface area contributed by atoms with Gasteiger partial charge < -0.3 is 9.73 Å².